The molecule has 0 atom stereocenters. The molecule has 2 aromatic rings. The van der Waals surface area contributed by atoms with Gasteiger partial charge in [-0.1, -0.05) is 36.4 Å². The molecule has 0 radical (unpaired) electrons. The van der Waals surface area contributed by atoms with Crippen molar-refractivity contribution in [3.8, 4) is 0 Å². The molecule has 2 rings (SSSR count). The molecule has 2 aromatic carbocycles. The van der Waals surface area contributed by atoms with E-state index < -0.39 is 5.97 Å². The quantitative estimate of drug-likeness (QED) is 0.842. The van der Waals surface area contributed by atoms with Gasteiger partial charge >= 0.3 is 5.97 Å². The minimum atomic E-state index is -0.879. The lowest BCUT2D eigenvalue weighted by Gasteiger charge is -1.95. The van der Waals surface area contributed by atoms with E-state index in [1.165, 1.54) is 4.90 Å². The molecule has 0 aromatic heterocycles. The Kier molecular flexibility index (Phi) is 7.39. The van der Waals surface area contributed by atoms with Gasteiger partial charge in [0.2, 0.25) is 0 Å². The number of carbonyl (C=O) groups is 1. The van der Waals surface area contributed by atoms with Gasteiger partial charge in [0, 0.05) is 10.6 Å². The fourth-order valence-corrected chi connectivity index (χ4v) is 1.94. The third kappa shape index (κ3) is 6.64. The van der Waals surface area contributed by atoms with Gasteiger partial charge in [-0.2, -0.15) is 0 Å². The van der Waals surface area contributed by atoms with Gasteiger partial charge in [0.1, 0.15) is 0 Å². The van der Waals surface area contributed by atoms with Crippen LogP contribution in [0.5, 0.6) is 0 Å². The van der Waals surface area contributed by atoms with Crippen LogP contribution < -0.4 is 0 Å². The van der Waals surface area contributed by atoms with Gasteiger partial charge in [0.25, 0.3) is 0 Å². The molecule has 2 N–H and O–H groups in total. The highest BCUT2D eigenvalue weighted by atomic mass is 32.2. The predicted octanol–water partition coefficient (Wildman–Crippen LogP) is 3.16. The Morgan fingerprint density at radius 3 is 1.89 bits per heavy atom. The zero-order chi connectivity index (χ0) is 13.9. The summed E-state index contributed by atoms with van der Waals surface area (Å²) in [4.78, 5) is 11.4. The van der Waals surface area contributed by atoms with Gasteiger partial charge in [-0.3, -0.25) is 0 Å². The molecule has 4 heteroatoms. The number of carboxylic acid groups (broad SMARTS) is 1. The standard InChI is InChI=1S/C8H10OS.C7H6O2/c9-6-7-10-8-4-2-1-3-5-8;8-7(9)6-4-2-1-3-5-6/h1-5,9H,6-7H2;1-5H,(H,8,9). The van der Waals surface area contributed by atoms with Crippen LogP contribution >= 0.6 is 11.8 Å². The normalized spacial score (nSPS) is 9.32. The van der Waals surface area contributed by atoms with Crippen molar-refractivity contribution in [2.45, 2.75) is 4.90 Å². The third-order valence-electron chi connectivity index (χ3n) is 2.12. The molecule has 100 valence electrons. The maximum absolute atomic E-state index is 10.2. The Balaban J connectivity index is 0.000000191. The molecule has 0 unspecified atom stereocenters. The highest BCUT2D eigenvalue weighted by Crippen LogP contribution is 2.15. The lowest BCUT2D eigenvalue weighted by Crippen LogP contribution is -1.93. The van der Waals surface area contributed by atoms with Crippen LogP contribution in [0.3, 0.4) is 0 Å². The number of carboxylic acids is 1. The molecular weight excluding hydrogens is 260 g/mol. The number of hydrogen-bond acceptors (Lipinski definition) is 3. The largest absolute Gasteiger partial charge is 0.478 e. The molecule has 19 heavy (non-hydrogen) atoms. The lowest BCUT2D eigenvalue weighted by molar-refractivity contribution is 0.0697. The Hall–Kier alpha value is -1.78. The number of aromatic carboxylic acids is 1. The molecule has 0 aliphatic heterocycles. The molecule has 0 aliphatic carbocycles. The van der Waals surface area contributed by atoms with E-state index in [1.54, 1.807) is 42.1 Å². The maximum atomic E-state index is 10.2. The van der Waals surface area contributed by atoms with Gasteiger partial charge in [0.05, 0.1) is 12.2 Å². The van der Waals surface area contributed by atoms with Crippen LogP contribution in [0.2, 0.25) is 0 Å². The first-order valence-corrected chi connectivity index (χ1v) is 6.79. The summed E-state index contributed by atoms with van der Waals surface area (Å²) in [5, 5.41) is 16.9. The zero-order valence-corrected chi connectivity index (χ0v) is 11.2. The van der Waals surface area contributed by atoms with E-state index in [-0.39, 0.29) is 6.61 Å². The second-order valence-electron chi connectivity index (χ2n) is 3.56. The highest BCUT2D eigenvalue weighted by molar-refractivity contribution is 7.99. The van der Waals surface area contributed by atoms with Gasteiger partial charge in [-0.15, -0.1) is 11.8 Å². The summed E-state index contributed by atoms with van der Waals surface area (Å²) >= 11 is 1.67. The van der Waals surface area contributed by atoms with E-state index in [2.05, 4.69) is 0 Å². The number of benzene rings is 2. The van der Waals surface area contributed by atoms with Crippen molar-refractivity contribution in [3.05, 3.63) is 66.2 Å². The van der Waals surface area contributed by atoms with Crippen molar-refractivity contribution in [2.24, 2.45) is 0 Å². The molecule has 0 fully saturated rings. The van der Waals surface area contributed by atoms with Crippen LogP contribution in [0, 0.1) is 0 Å². The van der Waals surface area contributed by atoms with Gasteiger partial charge in [-0.05, 0) is 24.3 Å². The van der Waals surface area contributed by atoms with E-state index in [0.29, 0.717) is 5.56 Å². The van der Waals surface area contributed by atoms with Crippen molar-refractivity contribution in [3.63, 3.8) is 0 Å². The average molecular weight is 276 g/mol. The molecule has 0 spiro atoms. The van der Waals surface area contributed by atoms with E-state index >= 15 is 0 Å². The number of hydrogen-bond donors (Lipinski definition) is 2. The first-order valence-electron chi connectivity index (χ1n) is 5.81. The summed E-state index contributed by atoms with van der Waals surface area (Å²) < 4.78 is 0. The van der Waals surface area contributed by atoms with Crippen molar-refractivity contribution in [2.75, 3.05) is 12.4 Å². The first kappa shape index (κ1) is 15.3. The predicted molar refractivity (Wildman–Crippen MR) is 77.7 cm³/mol. The molecule has 0 bridgehead atoms. The molecule has 0 aliphatic rings. The van der Waals surface area contributed by atoms with E-state index in [1.807, 2.05) is 30.3 Å². The topological polar surface area (TPSA) is 57.5 Å². The van der Waals surface area contributed by atoms with Gasteiger partial charge < -0.3 is 10.2 Å². The highest BCUT2D eigenvalue weighted by Gasteiger charge is 1.96. The second-order valence-corrected chi connectivity index (χ2v) is 4.72. The molecular formula is C15H16O3S. The maximum Gasteiger partial charge on any atom is 0.335 e. The van der Waals surface area contributed by atoms with E-state index in [9.17, 15) is 4.79 Å². The van der Waals surface area contributed by atoms with Crippen molar-refractivity contribution >= 4 is 17.7 Å². The van der Waals surface area contributed by atoms with Crippen molar-refractivity contribution in [1.82, 2.24) is 0 Å². The van der Waals surface area contributed by atoms with Crippen molar-refractivity contribution in [1.29, 1.82) is 0 Å². The summed E-state index contributed by atoms with van der Waals surface area (Å²) in [5.41, 5.74) is 0.331. The molecule has 0 saturated heterocycles. The summed E-state index contributed by atoms with van der Waals surface area (Å²) in [6.45, 7) is 0.250. The number of thioether (sulfide) groups is 1. The minimum absolute atomic E-state index is 0.250. The average Bonchev–Trinajstić information content (AvgIpc) is 2.48. The zero-order valence-electron chi connectivity index (χ0n) is 10.4. The Bertz CT molecular complexity index is 471. The molecule has 3 nitrogen and oxygen atoms in total. The number of aliphatic hydroxyl groups excluding tert-OH is 1. The van der Waals surface area contributed by atoms with Crippen LogP contribution in [0.15, 0.2) is 65.6 Å². The smallest absolute Gasteiger partial charge is 0.335 e. The minimum Gasteiger partial charge on any atom is -0.478 e. The summed E-state index contributed by atoms with van der Waals surface area (Å²) in [6.07, 6.45) is 0. The molecule has 0 amide bonds. The van der Waals surface area contributed by atoms with Crippen LogP contribution in [0.1, 0.15) is 10.4 Å². The fraction of sp³-hybridized carbons (Fsp3) is 0.133. The van der Waals surface area contributed by atoms with Gasteiger partial charge in [-0.25, -0.2) is 4.79 Å². The van der Waals surface area contributed by atoms with E-state index in [4.69, 9.17) is 10.2 Å². The fourth-order valence-electron chi connectivity index (χ4n) is 1.26. The second kappa shape index (κ2) is 9.19. The van der Waals surface area contributed by atoms with Crippen LogP contribution in [0.25, 0.3) is 0 Å². The first-order chi connectivity index (χ1) is 9.24. The van der Waals surface area contributed by atoms with Crippen LogP contribution in [-0.2, 0) is 0 Å². The number of rotatable bonds is 4. The monoisotopic (exact) mass is 276 g/mol. The Morgan fingerprint density at radius 1 is 0.947 bits per heavy atom. The van der Waals surface area contributed by atoms with Crippen LogP contribution in [-0.4, -0.2) is 28.5 Å². The Labute approximate surface area is 116 Å². The molecule has 0 saturated carbocycles. The summed E-state index contributed by atoms with van der Waals surface area (Å²) in [7, 11) is 0. The van der Waals surface area contributed by atoms with Gasteiger partial charge in [0.15, 0.2) is 0 Å². The number of aliphatic hydroxyl groups is 1. The van der Waals surface area contributed by atoms with E-state index in [0.717, 1.165) is 5.75 Å². The van der Waals surface area contributed by atoms with Crippen molar-refractivity contribution < 1.29 is 15.0 Å². The lowest BCUT2D eigenvalue weighted by atomic mass is 10.2. The Morgan fingerprint density at radius 2 is 1.47 bits per heavy atom. The SMILES string of the molecule is O=C(O)c1ccccc1.OCCSc1ccccc1. The summed E-state index contributed by atoms with van der Waals surface area (Å²) in [6, 6.07) is 18.4. The summed E-state index contributed by atoms with van der Waals surface area (Å²) in [5.74, 6) is -0.0973. The van der Waals surface area contributed by atoms with Crippen LogP contribution in [0.4, 0.5) is 0 Å². The molecule has 0 heterocycles. The third-order valence-corrected chi connectivity index (χ3v) is 3.12.